The molecule has 0 spiro atoms. The average molecular weight is 245 g/mol. The molecule has 1 fully saturated rings. The van der Waals surface area contributed by atoms with Crippen molar-refractivity contribution in [2.45, 2.75) is 64.8 Å². The molecule has 0 radical (unpaired) electrons. The minimum atomic E-state index is 0.724. The predicted molar refractivity (Wildman–Crippen MR) is 79.2 cm³/mol. The van der Waals surface area contributed by atoms with Gasteiger partial charge in [-0.05, 0) is 62.3 Å². The summed E-state index contributed by atoms with van der Waals surface area (Å²) >= 11 is 0. The van der Waals surface area contributed by atoms with Crippen molar-refractivity contribution in [1.82, 2.24) is 5.32 Å². The van der Waals surface area contributed by atoms with Gasteiger partial charge < -0.3 is 5.32 Å². The van der Waals surface area contributed by atoms with E-state index in [0.29, 0.717) is 0 Å². The second-order valence-corrected chi connectivity index (χ2v) is 5.76. The van der Waals surface area contributed by atoms with Gasteiger partial charge in [-0.3, -0.25) is 0 Å². The first-order valence-corrected chi connectivity index (χ1v) is 7.52. The Morgan fingerprint density at radius 2 is 1.94 bits per heavy atom. The van der Waals surface area contributed by atoms with E-state index >= 15 is 0 Å². The van der Waals surface area contributed by atoms with Gasteiger partial charge in [0.1, 0.15) is 0 Å². The van der Waals surface area contributed by atoms with Crippen LogP contribution in [0.3, 0.4) is 0 Å². The maximum absolute atomic E-state index is 3.66. The fourth-order valence-electron chi connectivity index (χ4n) is 3.33. The van der Waals surface area contributed by atoms with Crippen LogP contribution < -0.4 is 5.32 Å². The smallest absolute Gasteiger partial charge is 0.00727 e. The highest BCUT2D eigenvalue weighted by atomic mass is 14.9. The molecule has 0 aliphatic heterocycles. The van der Waals surface area contributed by atoms with Gasteiger partial charge in [-0.1, -0.05) is 38.0 Å². The topological polar surface area (TPSA) is 12.0 Å². The van der Waals surface area contributed by atoms with Gasteiger partial charge in [-0.25, -0.2) is 0 Å². The molecule has 18 heavy (non-hydrogen) atoms. The van der Waals surface area contributed by atoms with Crippen molar-refractivity contribution < 1.29 is 0 Å². The van der Waals surface area contributed by atoms with Gasteiger partial charge in [-0.15, -0.1) is 0 Å². The summed E-state index contributed by atoms with van der Waals surface area (Å²) in [7, 11) is 0. The SMILES string of the molecule is CCNC1CCCCC(c2cccc(C)c2C)C1. The Kier molecular flexibility index (Phi) is 4.82. The van der Waals surface area contributed by atoms with Crippen molar-refractivity contribution in [2.75, 3.05) is 6.54 Å². The third-order valence-electron chi connectivity index (χ3n) is 4.50. The molecule has 1 aromatic carbocycles. The molecule has 1 aliphatic rings. The molecule has 1 N–H and O–H groups in total. The lowest BCUT2D eigenvalue weighted by atomic mass is 9.86. The zero-order chi connectivity index (χ0) is 13.0. The first kappa shape index (κ1) is 13.6. The Balaban J connectivity index is 2.17. The predicted octanol–water partition coefficient (Wildman–Crippen LogP) is 4.33. The molecule has 1 heteroatoms. The quantitative estimate of drug-likeness (QED) is 0.782. The molecule has 1 saturated carbocycles. The van der Waals surface area contributed by atoms with E-state index in [0.717, 1.165) is 18.5 Å². The Labute approximate surface area is 112 Å². The van der Waals surface area contributed by atoms with Crippen molar-refractivity contribution in [3.63, 3.8) is 0 Å². The highest BCUT2D eigenvalue weighted by Crippen LogP contribution is 2.34. The average Bonchev–Trinajstić information content (AvgIpc) is 2.59. The summed E-state index contributed by atoms with van der Waals surface area (Å²) in [5, 5.41) is 3.66. The van der Waals surface area contributed by atoms with E-state index < -0.39 is 0 Å². The van der Waals surface area contributed by atoms with Crippen molar-refractivity contribution in [2.24, 2.45) is 0 Å². The zero-order valence-electron chi connectivity index (χ0n) is 12.1. The minimum absolute atomic E-state index is 0.724. The summed E-state index contributed by atoms with van der Waals surface area (Å²) in [6.07, 6.45) is 6.82. The van der Waals surface area contributed by atoms with Crippen LogP contribution in [0.2, 0.25) is 0 Å². The number of nitrogens with one attached hydrogen (secondary N) is 1. The second-order valence-electron chi connectivity index (χ2n) is 5.76. The van der Waals surface area contributed by atoms with E-state index in [1.54, 1.807) is 5.56 Å². The molecule has 0 heterocycles. The number of hydrogen-bond donors (Lipinski definition) is 1. The minimum Gasteiger partial charge on any atom is -0.314 e. The first-order valence-electron chi connectivity index (χ1n) is 7.52. The zero-order valence-corrected chi connectivity index (χ0v) is 12.1. The van der Waals surface area contributed by atoms with E-state index in [4.69, 9.17) is 0 Å². The van der Waals surface area contributed by atoms with Gasteiger partial charge in [0, 0.05) is 6.04 Å². The Hall–Kier alpha value is -0.820. The number of rotatable bonds is 3. The fourth-order valence-corrected chi connectivity index (χ4v) is 3.33. The fraction of sp³-hybridized carbons (Fsp3) is 0.647. The number of benzene rings is 1. The van der Waals surface area contributed by atoms with Gasteiger partial charge in [0.15, 0.2) is 0 Å². The van der Waals surface area contributed by atoms with Crippen LogP contribution in [0.4, 0.5) is 0 Å². The molecule has 0 amide bonds. The van der Waals surface area contributed by atoms with Crippen LogP contribution in [0, 0.1) is 13.8 Å². The lowest BCUT2D eigenvalue weighted by Gasteiger charge is -2.23. The summed E-state index contributed by atoms with van der Waals surface area (Å²) in [5.41, 5.74) is 4.55. The van der Waals surface area contributed by atoms with Crippen LogP contribution in [0.1, 0.15) is 61.6 Å². The van der Waals surface area contributed by atoms with Gasteiger partial charge in [0.2, 0.25) is 0 Å². The van der Waals surface area contributed by atoms with Gasteiger partial charge in [-0.2, -0.15) is 0 Å². The molecule has 0 aromatic heterocycles. The highest BCUT2D eigenvalue weighted by molar-refractivity contribution is 5.35. The molecule has 2 atom stereocenters. The van der Waals surface area contributed by atoms with Crippen LogP contribution in [0.5, 0.6) is 0 Å². The highest BCUT2D eigenvalue weighted by Gasteiger charge is 2.22. The van der Waals surface area contributed by atoms with Gasteiger partial charge in [0.05, 0.1) is 0 Å². The summed E-state index contributed by atoms with van der Waals surface area (Å²) in [6, 6.07) is 7.53. The summed E-state index contributed by atoms with van der Waals surface area (Å²) in [5.74, 6) is 0.761. The molecule has 1 aromatic rings. The molecule has 2 unspecified atom stereocenters. The molecule has 2 rings (SSSR count). The molecular formula is C17H27N. The third-order valence-corrected chi connectivity index (χ3v) is 4.50. The van der Waals surface area contributed by atoms with E-state index in [1.165, 1.54) is 43.2 Å². The van der Waals surface area contributed by atoms with E-state index in [1.807, 2.05) is 0 Å². The molecule has 0 saturated heterocycles. The van der Waals surface area contributed by atoms with Gasteiger partial charge >= 0.3 is 0 Å². The lowest BCUT2D eigenvalue weighted by molar-refractivity contribution is 0.448. The second kappa shape index (κ2) is 6.38. The largest absolute Gasteiger partial charge is 0.314 e. The normalized spacial score (nSPS) is 24.8. The van der Waals surface area contributed by atoms with Crippen molar-refractivity contribution in [3.05, 3.63) is 34.9 Å². The molecule has 1 nitrogen and oxygen atoms in total. The van der Waals surface area contributed by atoms with E-state index in [2.05, 4.69) is 44.3 Å². The van der Waals surface area contributed by atoms with E-state index in [-0.39, 0.29) is 0 Å². The molecule has 0 bridgehead atoms. The summed E-state index contributed by atoms with van der Waals surface area (Å²) < 4.78 is 0. The number of aryl methyl sites for hydroxylation is 1. The van der Waals surface area contributed by atoms with E-state index in [9.17, 15) is 0 Å². The van der Waals surface area contributed by atoms with Crippen molar-refractivity contribution in [1.29, 1.82) is 0 Å². The Bertz CT molecular complexity index is 383. The number of hydrogen-bond acceptors (Lipinski definition) is 1. The standard InChI is InChI=1S/C17H27N/c1-4-18-16-10-6-5-9-15(12-16)17-11-7-8-13(2)14(17)3/h7-8,11,15-16,18H,4-6,9-10,12H2,1-3H3. The molecule has 1 aliphatic carbocycles. The molecular weight excluding hydrogens is 218 g/mol. The molecule has 100 valence electrons. The van der Waals surface area contributed by atoms with Crippen LogP contribution in [-0.4, -0.2) is 12.6 Å². The van der Waals surface area contributed by atoms with Crippen LogP contribution >= 0.6 is 0 Å². The maximum Gasteiger partial charge on any atom is 0.00727 e. The van der Waals surface area contributed by atoms with Crippen LogP contribution in [-0.2, 0) is 0 Å². The van der Waals surface area contributed by atoms with Crippen LogP contribution in [0.15, 0.2) is 18.2 Å². The Morgan fingerprint density at radius 3 is 2.72 bits per heavy atom. The lowest BCUT2D eigenvalue weighted by Crippen LogP contribution is -2.29. The first-order chi connectivity index (χ1) is 8.72. The van der Waals surface area contributed by atoms with Crippen LogP contribution in [0.25, 0.3) is 0 Å². The van der Waals surface area contributed by atoms with Crippen molar-refractivity contribution >= 4 is 0 Å². The monoisotopic (exact) mass is 245 g/mol. The summed E-state index contributed by atoms with van der Waals surface area (Å²) in [4.78, 5) is 0. The van der Waals surface area contributed by atoms with Gasteiger partial charge in [0.25, 0.3) is 0 Å². The van der Waals surface area contributed by atoms with Crippen molar-refractivity contribution in [3.8, 4) is 0 Å². The third kappa shape index (κ3) is 3.14. The summed E-state index contributed by atoms with van der Waals surface area (Å²) in [6.45, 7) is 7.84. The Morgan fingerprint density at radius 1 is 1.17 bits per heavy atom. The maximum atomic E-state index is 3.66.